The number of hydrogen-bond donors (Lipinski definition) is 2. The third-order valence-corrected chi connectivity index (χ3v) is 3.59. The highest BCUT2D eigenvalue weighted by Gasteiger charge is 2.03. The zero-order valence-corrected chi connectivity index (χ0v) is 14.0. The van der Waals surface area contributed by atoms with Crippen molar-refractivity contribution in [1.29, 1.82) is 0 Å². The van der Waals surface area contributed by atoms with Gasteiger partial charge >= 0.3 is 6.03 Å². The predicted octanol–water partition coefficient (Wildman–Crippen LogP) is 3.32. The quantitative estimate of drug-likeness (QED) is 0.725. The molecular formula is C19H20N4O2. The molecule has 0 unspecified atom stereocenters. The molecule has 0 aliphatic rings. The van der Waals surface area contributed by atoms with Crippen LogP contribution in [0.1, 0.15) is 11.1 Å². The van der Waals surface area contributed by atoms with E-state index in [4.69, 9.17) is 4.74 Å². The summed E-state index contributed by atoms with van der Waals surface area (Å²) in [6.07, 6.45) is 7.41. The molecule has 6 nitrogen and oxygen atoms in total. The van der Waals surface area contributed by atoms with E-state index in [1.54, 1.807) is 24.5 Å². The Balaban J connectivity index is 1.46. The molecular weight excluding hydrogens is 316 g/mol. The van der Waals surface area contributed by atoms with E-state index in [1.807, 2.05) is 54.3 Å². The lowest BCUT2D eigenvalue weighted by Gasteiger charge is -2.09. The predicted molar refractivity (Wildman–Crippen MR) is 96.3 cm³/mol. The largest absolute Gasteiger partial charge is 0.489 e. The Hall–Kier alpha value is -3.28. The highest BCUT2D eigenvalue weighted by atomic mass is 16.5. The topological polar surface area (TPSA) is 68.2 Å². The van der Waals surface area contributed by atoms with Gasteiger partial charge in [0.1, 0.15) is 12.4 Å². The van der Waals surface area contributed by atoms with E-state index in [0.29, 0.717) is 18.8 Å². The first-order valence-corrected chi connectivity index (χ1v) is 7.96. The van der Waals surface area contributed by atoms with Crippen molar-refractivity contribution in [2.45, 2.75) is 13.2 Å². The lowest BCUT2D eigenvalue weighted by molar-refractivity contribution is 0.251. The summed E-state index contributed by atoms with van der Waals surface area (Å²) >= 11 is 0. The number of amides is 2. The Labute approximate surface area is 146 Å². The van der Waals surface area contributed by atoms with Crippen LogP contribution >= 0.6 is 0 Å². The number of nitrogens with zero attached hydrogens (tertiary/aromatic N) is 2. The number of anilines is 1. The maximum Gasteiger partial charge on any atom is 0.319 e. The number of ether oxygens (including phenoxy) is 1. The summed E-state index contributed by atoms with van der Waals surface area (Å²) in [5, 5.41) is 5.62. The first kappa shape index (κ1) is 16.6. The summed E-state index contributed by atoms with van der Waals surface area (Å²) < 4.78 is 7.63. The van der Waals surface area contributed by atoms with Crippen LogP contribution in [-0.2, 0) is 20.2 Å². The number of urea groups is 1. The number of benzene rings is 1. The number of aryl methyl sites for hydroxylation is 1. The van der Waals surface area contributed by atoms with Gasteiger partial charge in [0.15, 0.2) is 0 Å². The SMILES string of the molecule is Cn1ccc(CNC(=O)Nc2ccc(OCc3cccnc3)cc2)c1. The van der Waals surface area contributed by atoms with Gasteiger partial charge in [0.25, 0.3) is 0 Å². The number of hydrogen-bond acceptors (Lipinski definition) is 3. The summed E-state index contributed by atoms with van der Waals surface area (Å²) in [5.41, 5.74) is 2.76. The zero-order valence-electron chi connectivity index (χ0n) is 14.0. The summed E-state index contributed by atoms with van der Waals surface area (Å²) in [5.74, 6) is 0.735. The van der Waals surface area contributed by atoms with Gasteiger partial charge in [-0.2, -0.15) is 0 Å². The molecule has 3 aromatic rings. The molecule has 6 heteroatoms. The minimum Gasteiger partial charge on any atom is -0.489 e. The Morgan fingerprint density at radius 2 is 2.00 bits per heavy atom. The van der Waals surface area contributed by atoms with Gasteiger partial charge in [-0.25, -0.2) is 4.79 Å². The normalized spacial score (nSPS) is 10.3. The highest BCUT2D eigenvalue weighted by Crippen LogP contribution is 2.17. The van der Waals surface area contributed by atoms with Gasteiger partial charge in [0.2, 0.25) is 0 Å². The molecule has 0 radical (unpaired) electrons. The molecule has 2 heterocycles. The maximum absolute atomic E-state index is 11.9. The highest BCUT2D eigenvalue weighted by molar-refractivity contribution is 5.89. The molecule has 0 saturated heterocycles. The van der Waals surface area contributed by atoms with Crippen molar-refractivity contribution in [3.63, 3.8) is 0 Å². The van der Waals surface area contributed by atoms with Crippen molar-refractivity contribution in [1.82, 2.24) is 14.9 Å². The Morgan fingerprint density at radius 3 is 2.68 bits per heavy atom. The summed E-state index contributed by atoms with van der Waals surface area (Å²) in [4.78, 5) is 16.0. The minimum atomic E-state index is -0.243. The molecule has 0 saturated carbocycles. The molecule has 128 valence electrons. The van der Waals surface area contributed by atoms with E-state index in [0.717, 1.165) is 16.9 Å². The Kier molecular flexibility index (Phi) is 5.31. The van der Waals surface area contributed by atoms with E-state index in [2.05, 4.69) is 15.6 Å². The molecule has 0 aliphatic carbocycles. The molecule has 25 heavy (non-hydrogen) atoms. The molecule has 0 atom stereocenters. The second-order valence-corrected chi connectivity index (χ2v) is 5.67. The molecule has 2 N–H and O–H groups in total. The van der Waals surface area contributed by atoms with Crippen LogP contribution in [-0.4, -0.2) is 15.6 Å². The fourth-order valence-corrected chi connectivity index (χ4v) is 2.31. The van der Waals surface area contributed by atoms with Crippen molar-refractivity contribution >= 4 is 11.7 Å². The van der Waals surface area contributed by atoms with E-state index in [1.165, 1.54) is 0 Å². The number of aromatic nitrogens is 2. The van der Waals surface area contributed by atoms with Crippen LogP contribution < -0.4 is 15.4 Å². The lowest BCUT2D eigenvalue weighted by Crippen LogP contribution is -2.27. The molecule has 0 aliphatic heterocycles. The molecule has 2 amide bonds. The minimum absolute atomic E-state index is 0.243. The number of pyridine rings is 1. The maximum atomic E-state index is 11.9. The smallest absolute Gasteiger partial charge is 0.319 e. The van der Waals surface area contributed by atoms with Gasteiger partial charge in [-0.3, -0.25) is 4.98 Å². The van der Waals surface area contributed by atoms with Crippen LogP contribution in [0.15, 0.2) is 67.3 Å². The van der Waals surface area contributed by atoms with Crippen molar-refractivity contribution in [3.8, 4) is 5.75 Å². The fourth-order valence-electron chi connectivity index (χ4n) is 2.31. The number of nitrogens with one attached hydrogen (secondary N) is 2. The van der Waals surface area contributed by atoms with Gasteiger partial charge in [-0.15, -0.1) is 0 Å². The average molecular weight is 336 g/mol. The van der Waals surface area contributed by atoms with Gasteiger partial charge in [0.05, 0.1) is 0 Å². The van der Waals surface area contributed by atoms with Crippen LogP contribution in [0.25, 0.3) is 0 Å². The monoisotopic (exact) mass is 336 g/mol. The van der Waals surface area contributed by atoms with Crippen LogP contribution in [0.3, 0.4) is 0 Å². The van der Waals surface area contributed by atoms with Crippen LogP contribution in [0, 0.1) is 0 Å². The van der Waals surface area contributed by atoms with Gasteiger partial charge in [-0.1, -0.05) is 6.07 Å². The Morgan fingerprint density at radius 1 is 1.16 bits per heavy atom. The second kappa shape index (κ2) is 8.01. The lowest BCUT2D eigenvalue weighted by atomic mass is 10.3. The molecule has 0 fully saturated rings. The molecule has 1 aromatic carbocycles. The summed E-state index contributed by atoms with van der Waals surface area (Å²) in [7, 11) is 1.95. The van der Waals surface area contributed by atoms with Crippen molar-refractivity contribution in [2.24, 2.45) is 7.05 Å². The standard InChI is InChI=1S/C19H20N4O2/c1-23-10-8-15(13-23)12-21-19(24)22-17-4-6-18(7-5-17)25-14-16-3-2-9-20-11-16/h2-11,13H,12,14H2,1H3,(H2,21,22,24). The molecule has 0 bridgehead atoms. The van der Waals surface area contributed by atoms with E-state index in [9.17, 15) is 4.79 Å². The van der Waals surface area contributed by atoms with Crippen molar-refractivity contribution in [2.75, 3.05) is 5.32 Å². The molecule has 3 rings (SSSR count). The number of carbonyl (C=O) groups excluding carboxylic acids is 1. The van der Waals surface area contributed by atoms with Crippen molar-refractivity contribution in [3.05, 3.63) is 78.4 Å². The summed E-state index contributed by atoms with van der Waals surface area (Å²) in [6, 6.07) is 12.8. The number of rotatable bonds is 6. The fraction of sp³-hybridized carbons (Fsp3) is 0.158. The van der Waals surface area contributed by atoms with E-state index < -0.39 is 0 Å². The van der Waals surface area contributed by atoms with E-state index in [-0.39, 0.29) is 6.03 Å². The van der Waals surface area contributed by atoms with Crippen LogP contribution in [0.4, 0.5) is 10.5 Å². The number of carbonyl (C=O) groups is 1. The summed E-state index contributed by atoms with van der Waals surface area (Å²) in [6.45, 7) is 0.942. The first-order chi connectivity index (χ1) is 12.2. The van der Waals surface area contributed by atoms with Gasteiger partial charge < -0.3 is 19.9 Å². The first-order valence-electron chi connectivity index (χ1n) is 7.96. The van der Waals surface area contributed by atoms with Gasteiger partial charge in [-0.05, 0) is 42.0 Å². The molecule has 0 spiro atoms. The third-order valence-electron chi connectivity index (χ3n) is 3.59. The third kappa shape index (κ3) is 5.10. The Bertz CT molecular complexity index is 813. The average Bonchev–Trinajstić information content (AvgIpc) is 3.06. The van der Waals surface area contributed by atoms with E-state index >= 15 is 0 Å². The van der Waals surface area contributed by atoms with Crippen LogP contribution in [0.2, 0.25) is 0 Å². The second-order valence-electron chi connectivity index (χ2n) is 5.67. The van der Waals surface area contributed by atoms with Crippen molar-refractivity contribution < 1.29 is 9.53 Å². The zero-order chi connectivity index (χ0) is 17.5. The molecule has 2 aromatic heterocycles. The van der Waals surface area contributed by atoms with Crippen LogP contribution in [0.5, 0.6) is 5.75 Å². The van der Waals surface area contributed by atoms with Gasteiger partial charge in [0, 0.05) is 49.6 Å².